The number of thiazole rings is 1. The van der Waals surface area contributed by atoms with E-state index < -0.39 is 0 Å². The van der Waals surface area contributed by atoms with Crippen LogP contribution >= 0.6 is 11.3 Å². The summed E-state index contributed by atoms with van der Waals surface area (Å²) in [4.78, 5) is 29.3. The highest BCUT2D eigenvalue weighted by Gasteiger charge is 2.29. The molecule has 0 spiro atoms. The molecule has 0 unspecified atom stereocenters. The van der Waals surface area contributed by atoms with Gasteiger partial charge in [0.2, 0.25) is 0 Å². The van der Waals surface area contributed by atoms with Gasteiger partial charge >= 0.3 is 0 Å². The van der Waals surface area contributed by atoms with E-state index in [1.54, 1.807) is 0 Å². The van der Waals surface area contributed by atoms with E-state index in [4.69, 9.17) is 9.47 Å². The zero-order valence-electron chi connectivity index (χ0n) is 18.6. The number of rotatable bonds is 7. The molecule has 1 saturated carbocycles. The number of carbonyl (C=O) groups excluding carboxylic acids is 2. The summed E-state index contributed by atoms with van der Waals surface area (Å²) in [5, 5.41) is 7.04. The molecule has 172 valence electrons. The van der Waals surface area contributed by atoms with Gasteiger partial charge in [0.1, 0.15) is 17.0 Å². The number of para-hydroxylation sites is 1. The summed E-state index contributed by atoms with van der Waals surface area (Å²) in [5.41, 5.74) is 2.61. The third-order valence-electron chi connectivity index (χ3n) is 6.26. The second-order valence-corrected chi connectivity index (χ2v) is 9.55. The highest BCUT2D eigenvalue weighted by atomic mass is 32.1. The first-order valence-electron chi connectivity index (χ1n) is 11.5. The smallest absolute Gasteiger partial charge is 0.262 e. The van der Waals surface area contributed by atoms with Crippen molar-refractivity contribution in [2.75, 3.05) is 18.5 Å². The van der Waals surface area contributed by atoms with Gasteiger partial charge in [0.15, 0.2) is 17.4 Å². The van der Waals surface area contributed by atoms with Crippen molar-refractivity contribution in [1.82, 2.24) is 10.3 Å². The lowest BCUT2D eigenvalue weighted by Crippen LogP contribution is -2.34. The first-order chi connectivity index (χ1) is 16.1. The summed E-state index contributed by atoms with van der Waals surface area (Å²) in [5.74, 6) is 1.50. The van der Waals surface area contributed by atoms with Gasteiger partial charge in [-0.3, -0.25) is 9.59 Å². The second kappa shape index (κ2) is 9.49. The van der Waals surface area contributed by atoms with Crippen LogP contribution in [0.15, 0.2) is 36.4 Å². The lowest BCUT2D eigenvalue weighted by molar-refractivity contribution is -0.118. The summed E-state index contributed by atoms with van der Waals surface area (Å²) in [6.07, 6.45) is 3.63. The first kappa shape index (κ1) is 21.9. The Kier molecular flexibility index (Phi) is 6.28. The van der Waals surface area contributed by atoms with Crippen LogP contribution in [0.5, 0.6) is 11.5 Å². The van der Waals surface area contributed by atoms with Gasteiger partial charge in [-0.05, 0) is 62.4 Å². The van der Waals surface area contributed by atoms with Crippen molar-refractivity contribution in [1.29, 1.82) is 0 Å². The van der Waals surface area contributed by atoms with E-state index in [0.29, 0.717) is 30.0 Å². The number of hydrogen-bond acceptors (Lipinski definition) is 7. The fourth-order valence-electron chi connectivity index (χ4n) is 4.54. The number of fused-ring (bicyclic) bond motifs is 2. The standard InChI is InChI=1S/C25H27N3O4S/c1-2-31-20-4-3-5-21-23(20)28-25(33-21)24(30)16-7-9-17(10-8-16)26-13-15-6-11-19-18(12-15)27-22(29)14-32-19/h3-6,11-12,16-17,26H,2,7-10,13-14H2,1H3,(H,27,29)/t16-,17-. The van der Waals surface area contributed by atoms with E-state index in [9.17, 15) is 9.59 Å². The van der Waals surface area contributed by atoms with E-state index >= 15 is 0 Å². The normalized spacial score (nSPS) is 20.1. The van der Waals surface area contributed by atoms with E-state index in [1.807, 2.05) is 43.3 Å². The fraction of sp³-hybridized carbons (Fsp3) is 0.400. The van der Waals surface area contributed by atoms with Crippen molar-refractivity contribution in [3.63, 3.8) is 0 Å². The molecule has 0 saturated heterocycles. The first-order valence-corrected chi connectivity index (χ1v) is 12.3. The molecule has 33 heavy (non-hydrogen) atoms. The molecule has 1 aliphatic carbocycles. The Morgan fingerprint density at radius 1 is 1.24 bits per heavy atom. The number of benzene rings is 2. The Balaban J connectivity index is 1.16. The average Bonchev–Trinajstić information content (AvgIpc) is 3.28. The molecule has 3 aromatic rings. The molecular weight excluding hydrogens is 438 g/mol. The Bertz CT molecular complexity index is 1180. The quantitative estimate of drug-likeness (QED) is 0.498. The third-order valence-corrected chi connectivity index (χ3v) is 7.30. The van der Waals surface area contributed by atoms with E-state index in [1.165, 1.54) is 11.3 Å². The number of hydrogen-bond donors (Lipinski definition) is 2. The monoisotopic (exact) mass is 465 g/mol. The number of carbonyl (C=O) groups is 2. The highest BCUT2D eigenvalue weighted by Crippen LogP contribution is 2.34. The topological polar surface area (TPSA) is 89.6 Å². The van der Waals surface area contributed by atoms with Gasteiger partial charge in [-0.1, -0.05) is 12.1 Å². The van der Waals surface area contributed by atoms with Gasteiger partial charge in [-0.2, -0.15) is 0 Å². The summed E-state index contributed by atoms with van der Waals surface area (Å²) < 4.78 is 12.1. The molecule has 2 aliphatic rings. The molecular formula is C25H27N3O4S. The molecule has 1 aliphatic heterocycles. The van der Waals surface area contributed by atoms with Crippen molar-refractivity contribution in [2.24, 2.45) is 5.92 Å². The Labute approximate surface area is 196 Å². The van der Waals surface area contributed by atoms with Crippen molar-refractivity contribution in [2.45, 2.75) is 45.2 Å². The predicted octanol–water partition coefficient (Wildman–Crippen LogP) is 4.56. The van der Waals surface area contributed by atoms with Crippen LogP contribution in [0.25, 0.3) is 10.2 Å². The lowest BCUT2D eigenvalue weighted by atomic mass is 9.83. The van der Waals surface area contributed by atoms with Gasteiger partial charge in [0, 0.05) is 18.5 Å². The SMILES string of the molecule is CCOc1cccc2sc(C(=O)[C@H]3CC[C@H](NCc4ccc5c(c4)NC(=O)CO5)CC3)nc12. The number of aromatic nitrogens is 1. The summed E-state index contributed by atoms with van der Waals surface area (Å²) in [7, 11) is 0. The molecule has 1 aromatic heterocycles. The predicted molar refractivity (Wildman–Crippen MR) is 128 cm³/mol. The van der Waals surface area contributed by atoms with Crippen molar-refractivity contribution in [3.05, 3.63) is 47.0 Å². The maximum Gasteiger partial charge on any atom is 0.262 e. The molecule has 0 atom stereocenters. The van der Waals surface area contributed by atoms with Crippen LogP contribution in [0.2, 0.25) is 0 Å². The maximum atomic E-state index is 13.1. The van der Waals surface area contributed by atoms with Gasteiger partial charge in [-0.15, -0.1) is 11.3 Å². The van der Waals surface area contributed by atoms with Gasteiger partial charge in [0.25, 0.3) is 5.91 Å². The van der Waals surface area contributed by atoms with Crippen molar-refractivity contribution in [3.8, 4) is 11.5 Å². The van der Waals surface area contributed by atoms with Crippen molar-refractivity contribution < 1.29 is 19.1 Å². The molecule has 0 bridgehead atoms. The van der Waals surface area contributed by atoms with Crippen LogP contribution in [0.1, 0.15) is 48.0 Å². The van der Waals surface area contributed by atoms with E-state index in [-0.39, 0.29) is 24.2 Å². The third kappa shape index (κ3) is 4.72. The lowest BCUT2D eigenvalue weighted by Gasteiger charge is -2.28. The highest BCUT2D eigenvalue weighted by molar-refractivity contribution is 7.20. The number of amides is 1. The number of ketones is 1. The molecule has 2 heterocycles. The fourth-order valence-corrected chi connectivity index (χ4v) is 5.54. The van der Waals surface area contributed by atoms with Gasteiger partial charge < -0.3 is 20.1 Å². The molecule has 5 rings (SSSR count). The maximum absolute atomic E-state index is 13.1. The minimum atomic E-state index is -0.127. The van der Waals surface area contributed by atoms with Crippen LogP contribution in [-0.2, 0) is 11.3 Å². The Hall–Kier alpha value is -2.97. The van der Waals surface area contributed by atoms with Crippen LogP contribution in [-0.4, -0.2) is 35.9 Å². The Morgan fingerprint density at radius 3 is 2.91 bits per heavy atom. The van der Waals surface area contributed by atoms with Gasteiger partial charge in [0.05, 0.1) is 17.0 Å². The number of ether oxygens (including phenoxy) is 2. The summed E-state index contributed by atoms with van der Waals surface area (Å²) >= 11 is 1.46. The van der Waals surface area contributed by atoms with Crippen molar-refractivity contribution >= 4 is 38.9 Å². The van der Waals surface area contributed by atoms with Crippen LogP contribution in [0.3, 0.4) is 0 Å². The molecule has 1 amide bonds. The second-order valence-electron chi connectivity index (χ2n) is 8.52. The molecule has 8 heteroatoms. The zero-order chi connectivity index (χ0) is 22.8. The number of nitrogens with one attached hydrogen (secondary N) is 2. The summed E-state index contributed by atoms with van der Waals surface area (Å²) in [6, 6.07) is 12.1. The zero-order valence-corrected chi connectivity index (χ0v) is 19.4. The molecule has 7 nitrogen and oxygen atoms in total. The number of nitrogens with zero attached hydrogens (tertiary/aromatic N) is 1. The molecule has 1 fully saturated rings. The molecule has 2 aromatic carbocycles. The number of anilines is 1. The van der Waals surface area contributed by atoms with E-state index in [0.717, 1.165) is 52.9 Å². The van der Waals surface area contributed by atoms with Gasteiger partial charge in [-0.25, -0.2) is 4.98 Å². The molecule has 2 N–H and O–H groups in total. The van der Waals surface area contributed by atoms with Crippen LogP contribution in [0, 0.1) is 5.92 Å². The molecule has 0 radical (unpaired) electrons. The average molecular weight is 466 g/mol. The minimum Gasteiger partial charge on any atom is -0.492 e. The van der Waals surface area contributed by atoms with Crippen LogP contribution < -0.4 is 20.1 Å². The summed E-state index contributed by atoms with van der Waals surface area (Å²) in [6.45, 7) is 3.30. The van der Waals surface area contributed by atoms with Crippen LogP contribution in [0.4, 0.5) is 5.69 Å². The Morgan fingerprint density at radius 2 is 2.09 bits per heavy atom. The minimum absolute atomic E-state index is 0.0234. The van der Waals surface area contributed by atoms with E-state index in [2.05, 4.69) is 15.6 Å². The largest absolute Gasteiger partial charge is 0.492 e. The number of Topliss-reactive ketones (excluding diaryl/α,β-unsaturated/α-hetero) is 1.